The van der Waals surface area contributed by atoms with E-state index in [2.05, 4.69) is 11.4 Å². The quantitative estimate of drug-likeness (QED) is 0.909. The molecule has 1 aliphatic heterocycles. The van der Waals surface area contributed by atoms with E-state index in [1.807, 2.05) is 26.0 Å². The van der Waals surface area contributed by atoms with Crippen LogP contribution in [0.3, 0.4) is 0 Å². The first-order valence-electron chi connectivity index (χ1n) is 8.14. The molecule has 2 aromatic carbocycles. The first kappa shape index (κ1) is 15.8. The van der Waals surface area contributed by atoms with Crippen molar-refractivity contribution in [1.29, 1.82) is 0 Å². The predicted molar refractivity (Wildman–Crippen MR) is 88.7 cm³/mol. The van der Waals surface area contributed by atoms with Crippen LogP contribution in [0, 0.1) is 5.82 Å². The standard InChI is InChI=1S/C19H22FNO2/c1-3-22-17-11-13-8-9-21-19(14-6-5-7-15(20)10-14)16(13)12-18(17)23-4-2/h5-7,10-12,19,21H,3-4,8-9H2,1-2H3/t19-/m0/s1. The van der Waals surface area contributed by atoms with E-state index in [1.165, 1.54) is 11.6 Å². The third-order valence-corrected chi connectivity index (χ3v) is 4.04. The molecule has 23 heavy (non-hydrogen) atoms. The zero-order valence-electron chi connectivity index (χ0n) is 13.6. The van der Waals surface area contributed by atoms with Crippen molar-refractivity contribution in [3.63, 3.8) is 0 Å². The van der Waals surface area contributed by atoms with Crippen LogP contribution >= 0.6 is 0 Å². The molecular weight excluding hydrogens is 293 g/mol. The summed E-state index contributed by atoms with van der Waals surface area (Å²) in [5, 5.41) is 3.48. The Morgan fingerprint density at radius 3 is 2.52 bits per heavy atom. The van der Waals surface area contributed by atoms with Gasteiger partial charge in [-0.3, -0.25) is 0 Å². The lowest BCUT2D eigenvalue weighted by Crippen LogP contribution is -2.30. The fourth-order valence-electron chi connectivity index (χ4n) is 3.08. The molecule has 0 saturated carbocycles. The van der Waals surface area contributed by atoms with E-state index in [0.717, 1.165) is 35.6 Å². The summed E-state index contributed by atoms with van der Waals surface area (Å²) in [4.78, 5) is 0. The Morgan fingerprint density at radius 2 is 1.83 bits per heavy atom. The molecule has 0 aliphatic carbocycles. The van der Waals surface area contributed by atoms with E-state index in [1.54, 1.807) is 12.1 Å². The Kier molecular flexibility index (Phi) is 4.82. The van der Waals surface area contributed by atoms with Gasteiger partial charge >= 0.3 is 0 Å². The molecule has 0 amide bonds. The van der Waals surface area contributed by atoms with Crippen molar-refractivity contribution in [2.45, 2.75) is 26.3 Å². The maximum Gasteiger partial charge on any atom is 0.161 e. The molecule has 3 rings (SSSR count). The first-order chi connectivity index (χ1) is 11.2. The second-order valence-electron chi connectivity index (χ2n) is 5.56. The highest BCUT2D eigenvalue weighted by Gasteiger charge is 2.24. The number of hydrogen-bond donors (Lipinski definition) is 1. The van der Waals surface area contributed by atoms with Gasteiger partial charge in [0.25, 0.3) is 0 Å². The molecule has 1 N–H and O–H groups in total. The molecular formula is C19H22FNO2. The van der Waals surface area contributed by atoms with Crippen LogP contribution in [-0.4, -0.2) is 19.8 Å². The molecule has 0 spiro atoms. The van der Waals surface area contributed by atoms with E-state index in [0.29, 0.717) is 13.2 Å². The lowest BCUT2D eigenvalue weighted by Gasteiger charge is -2.29. The molecule has 1 aliphatic rings. The van der Waals surface area contributed by atoms with Crippen LogP contribution in [0.5, 0.6) is 11.5 Å². The highest BCUT2D eigenvalue weighted by atomic mass is 19.1. The van der Waals surface area contributed by atoms with Crippen LogP contribution in [0.2, 0.25) is 0 Å². The Balaban J connectivity index is 2.05. The Labute approximate surface area is 136 Å². The SMILES string of the molecule is CCOc1cc2c(cc1OCC)[C@H](c1cccc(F)c1)NCC2. The molecule has 122 valence electrons. The molecule has 0 aromatic heterocycles. The highest BCUT2D eigenvalue weighted by Crippen LogP contribution is 2.37. The van der Waals surface area contributed by atoms with E-state index in [9.17, 15) is 4.39 Å². The van der Waals surface area contributed by atoms with Crippen molar-refractivity contribution in [2.24, 2.45) is 0 Å². The number of benzene rings is 2. The van der Waals surface area contributed by atoms with Crippen LogP contribution in [0.15, 0.2) is 36.4 Å². The summed E-state index contributed by atoms with van der Waals surface area (Å²) in [5.74, 6) is 1.32. The summed E-state index contributed by atoms with van der Waals surface area (Å²) in [6.45, 7) is 5.96. The lowest BCUT2D eigenvalue weighted by molar-refractivity contribution is 0.286. The Hall–Kier alpha value is -2.07. The van der Waals surface area contributed by atoms with Crippen molar-refractivity contribution >= 4 is 0 Å². The molecule has 0 radical (unpaired) electrons. The molecule has 2 aromatic rings. The van der Waals surface area contributed by atoms with Crippen molar-refractivity contribution in [1.82, 2.24) is 5.32 Å². The van der Waals surface area contributed by atoms with Crippen LogP contribution in [0.25, 0.3) is 0 Å². The minimum absolute atomic E-state index is 0.0238. The second kappa shape index (κ2) is 7.01. The van der Waals surface area contributed by atoms with Crippen LogP contribution in [-0.2, 0) is 6.42 Å². The van der Waals surface area contributed by atoms with E-state index in [4.69, 9.17) is 9.47 Å². The normalized spacial score (nSPS) is 16.7. The van der Waals surface area contributed by atoms with Gasteiger partial charge in [-0.2, -0.15) is 0 Å². The molecule has 3 nitrogen and oxygen atoms in total. The lowest BCUT2D eigenvalue weighted by atomic mass is 9.89. The minimum Gasteiger partial charge on any atom is -0.490 e. The number of nitrogens with one attached hydrogen (secondary N) is 1. The predicted octanol–water partition coefficient (Wildman–Crippen LogP) is 3.86. The summed E-state index contributed by atoms with van der Waals surface area (Å²) in [6.07, 6.45) is 0.924. The largest absolute Gasteiger partial charge is 0.490 e. The summed E-state index contributed by atoms with van der Waals surface area (Å²) in [7, 11) is 0. The molecule has 1 heterocycles. The average molecular weight is 315 g/mol. The zero-order valence-corrected chi connectivity index (χ0v) is 13.6. The molecule has 0 fully saturated rings. The number of fused-ring (bicyclic) bond motifs is 1. The van der Waals surface area contributed by atoms with Crippen LogP contribution < -0.4 is 14.8 Å². The van der Waals surface area contributed by atoms with Crippen molar-refractivity contribution in [2.75, 3.05) is 19.8 Å². The molecule has 0 saturated heterocycles. The topological polar surface area (TPSA) is 30.5 Å². The van der Waals surface area contributed by atoms with Crippen molar-refractivity contribution < 1.29 is 13.9 Å². The summed E-state index contributed by atoms with van der Waals surface area (Å²) in [6, 6.07) is 10.8. The maximum atomic E-state index is 13.6. The van der Waals surface area contributed by atoms with Crippen LogP contribution in [0.4, 0.5) is 4.39 Å². The fourth-order valence-corrected chi connectivity index (χ4v) is 3.08. The Bertz CT molecular complexity index is 687. The van der Waals surface area contributed by atoms with Gasteiger partial charge < -0.3 is 14.8 Å². The van der Waals surface area contributed by atoms with Gasteiger partial charge in [-0.1, -0.05) is 12.1 Å². The third kappa shape index (κ3) is 3.32. The number of ether oxygens (including phenoxy) is 2. The highest BCUT2D eigenvalue weighted by molar-refractivity contribution is 5.51. The van der Waals surface area contributed by atoms with E-state index in [-0.39, 0.29) is 11.9 Å². The third-order valence-electron chi connectivity index (χ3n) is 4.04. The van der Waals surface area contributed by atoms with Crippen molar-refractivity contribution in [3.8, 4) is 11.5 Å². The molecule has 4 heteroatoms. The monoisotopic (exact) mass is 315 g/mol. The smallest absolute Gasteiger partial charge is 0.161 e. The summed E-state index contributed by atoms with van der Waals surface area (Å²) < 4.78 is 25.0. The van der Waals surface area contributed by atoms with Gasteiger partial charge in [-0.15, -0.1) is 0 Å². The van der Waals surface area contributed by atoms with Gasteiger partial charge in [-0.05, 0) is 61.2 Å². The van der Waals surface area contributed by atoms with Gasteiger partial charge in [-0.25, -0.2) is 4.39 Å². The van der Waals surface area contributed by atoms with Gasteiger partial charge in [0.05, 0.1) is 19.3 Å². The summed E-state index contributed by atoms with van der Waals surface area (Å²) in [5.41, 5.74) is 3.29. The number of hydrogen-bond acceptors (Lipinski definition) is 3. The molecule has 0 unspecified atom stereocenters. The summed E-state index contributed by atoms with van der Waals surface area (Å²) >= 11 is 0. The van der Waals surface area contributed by atoms with Gasteiger partial charge in [0.1, 0.15) is 5.82 Å². The maximum absolute atomic E-state index is 13.6. The zero-order chi connectivity index (χ0) is 16.2. The minimum atomic E-state index is -0.215. The first-order valence-corrected chi connectivity index (χ1v) is 8.14. The van der Waals surface area contributed by atoms with Gasteiger partial charge in [0.2, 0.25) is 0 Å². The Morgan fingerprint density at radius 1 is 1.09 bits per heavy atom. The van der Waals surface area contributed by atoms with Crippen molar-refractivity contribution in [3.05, 3.63) is 58.9 Å². The average Bonchev–Trinajstić information content (AvgIpc) is 2.55. The number of rotatable bonds is 5. The number of halogens is 1. The van der Waals surface area contributed by atoms with Gasteiger partial charge in [0.15, 0.2) is 11.5 Å². The van der Waals surface area contributed by atoms with E-state index >= 15 is 0 Å². The second-order valence-corrected chi connectivity index (χ2v) is 5.56. The van der Waals surface area contributed by atoms with Crippen LogP contribution in [0.1, 0.15) is 36.6 Å². The molecule has 1 atom stereocenters. The fraction of sp³-hybridized carbons (Fsp3) is 0.368. The molecule has 0 bridgehead atoms. The van der Waals surface area contributed by atoms with E-state index < -0.39 is 0 Å². The van der Waals surface area contributed by atoms with Gasteiger partial charge in [0, 0.05) is 6.54 Å².